The first kappa shape index (κ1) is 8.29. The minimum absolute atomic E-state index is 0.347. The van der Waals surface area contributed by atoms with Gasteiger partial charge >= 0.3 is 5.63 Å². The molecule has 3 heteroatoms. The number of benzene rings is 1. The highest BCUT2D eigenvalue weighted by molar-refractivity contribution is 6.01. The van der Waals surface area contributed by atoms with Gasteiger partial charge in [-0.05, 0) is 24.6 Å². The summed E-state index contributed by atoms with van der Waals surface area (Å²) in [6.45, 7) is 1.90. The Morgan fingerprint density at radius 2 is 1.93 bits per heavy atom. The fraction of sp³-hybridized carbons (Fsp3) is 0.0833. The number of furan rings is 1. The highest BCUT2D eigenvalue weighted by Gasteiger charge is 2.10. The molecule has 0 aliphatic carbocycles. The van der Waals surface area contributed by atoms with Crippen LogP contribution < -0.4 is 5.63 Å². The van der Waals surface area contributed by atoms with Crippen molar-refractivity contribution in [3.05, 3.63) is 46.5 Å². The van der Waals surface area contributed by atoms with E-state index in [1.54, 1.807) is 6.07 Å². The zero-order valence-corrected chi connectivity index (χ0v) is 8.11. The van der Waals surface area contributed by atoms with Gasteiger partial charge in [-0.3, -0.25) is 0 Å². The smallest absolute Gasteiger partial charge is 0.347 e. The van der Waals surface area contributed by atoms with Crippen LogP contribution in [0.1, 0.15) is 5.56 Å². The van der Waals surface area contributed by atoms with Crippen molar-refractivity contribution in [1.29, 1.82) is 0 Å². The Labute approximate surface area is 84.9 Å². The standard InChI is InChI=1S/C12H8O3/c1-7-3-2-4-8-10(7)15-12(13)9-5-6-14-11(8)9/h2-6H,1H3. The molecule has 15 heavy (non-hydrogen) atoms. The average Bonchev–Trinajstić information content (AvgIpc) is 2.69. The van der Waals surface area contributed by atoms with Crippen LogP contribution in [0, 0.1) is 6.92 Å². The van der Waals surface area contributed by atoms with Crippen molar-refractivity contribution in [3.63, 3.8) is 0 Å². The van der Waals surface area contributed by atoms with Crippen LogP contribution in [0.15, 0.2) is 44.2 Å². The summed E-state index contributed by atoms with van der Waals surface area (Å²) < 4.78 is 10.6. The van der Waals surface area contributed by atoms with Gasteiger partial charge in [0.15, 0.2) is 5.58 Å². The van der Waals surface area contributed by atoms with Crippen LogP contribution in [0.3, 0.4) is 0 Å². The number of hydrogen-bond acceptors (Lipinski definition) is 3. The van der Waals surface area contributed by atoms with Gasteiger partial charge in [0.25, 0.3) is 0 Å². The minimum Gasteiger partial charge on any atom is -0.463 e. The lowest BCUT2D eigenvalue weighted by atomic mass is 10.1. The maximum Gasteiger partial charge on any atom is 0.347 e. The van der Waals surface area contributed by atoms with Gasteiger partial charge in [-0.15, -0.1) is 0 Å². The highest BCUT2D eigenvalue weighted by atomic mass is 16.4. The molecule has 0 fully saturated rings. The molecule has 0 amide bonds. The second kappa shape index (κ2) is 2.73. The molecule has 0 radical (unpaired) electrons. The van der Waals surface area contributed by atoms with E-state index in [1.807, 2.05) is 25.1 Å². The summed E-state index contributed by atoms with van der Waals surface area (Å²) in [6, 6.07) is 7.33. The molecule has 0 saturated heterocycles. The van der Waals surface area contributed by atoms with Crippen LogP contribution in [0.4, 0.5) is 0 Å². The van der Waals surface area contributed by atoms with Crippen molar-refractivity contribution in [2.75, 3.05) is 0 Å². The Balaban J connectivity index is 2.72. The van der Waals surface area contributed by atoms with E-state index in [0.29, 0.717) is 16.6 Å². The number of rotatable bonds is 0. The summed E-state index contributed by atoms with van der Waals surface area (Å²) in [7, 11) is 0. The summed E-state index contributed by atoms with van der Waals surface area (Å²) in [4.78, 5) is 11.6. The van der Waals surface area contributed by atoms with Gasteiger partial charge in [0.2, 0.25) is 0 Å². The van der Waals surface area contributed by atoms with Crippen LogP contribution in [-0.2, 0) is 0 Å². The lowest BCUT2D eigenvalue weighted by Gasteiger charge is -1.99. The maximum absolute atomic E-state index is 11.6. The topological polar surface area (TPSA) is 43.4 Å². The Hall–Kier alpha value is -2.03. The first-order chi connectivity index (χ1) is 7.27. The molecule has 0 aliphatic heterocycles. The summed E-state index contributed by atoms with van der Waals surface area (Å²) in [5.74, 6) is 0. The molecule has 0 aliphatic rings. The SMILES string of the molecule is Cc1cccc2c1oc(=O)c1ccoc12. The van der Waals surface area contributed by atoms with Crippen molar-refractivity contribution >= 4 is 21.9 Å². The number of fused-ring (bicyclic) bond motifs is 3. The van der Waals surface area contributed by atoms with E-state index in [9.17, 15) is 4.79 Å². The largest absolute Gasteiger partial charge is 0.463 e. The average molecular weight is 200 g/mol. The molecule has 1 aromatic carbocycles. The van der Waals surface area contributed by atoms with E-state index in [2.05, 4.69) is 0 Å². The summed E-state index contributed by atoms with van der Waals surface area (Å²) in [5, 5.41) is 1.34. The third kappa shape index (κ3) is 1.03. The van der Waals surface area contributed by atoms with Gasteiger partial charge in [-0.25, -0.2) is 4.79 Å². The molecule has 0 spiro atoms. The summed E-state index contributed by atoms with van der Waals surface area (Å²) in [5.41, 5.74) is 1.79. The van der Waals surface area contributed by atoms with Crippen molar-refractivity contribution in [2.24, 2.45) is 0 Å². The van der Waals surface area contributed by atoms with E-state index in [-0.39, 0.29) is 5.63 Å². The lowest BCUT2D eigenvalue weighted by molar-refractivity contribution is 0.562. The van der Waals surface area contributed by atoms with E-state index < -0.39 is 0 Å². The number of hydrogen-bond donors (Lipinski definition) is 0. The van der Waals surface area contributed by atoms with Crippen molar-refractivity contribution < 1.29 is 8.83 Å². The summed E-state index contributed by atoms with van der Waals surface area (Å²) in [6.07, 6.45) is 1.50. The molecule has 74 valence electrons. The Bertz CT molecular complexity index is 704. The predicted molar refractivity (Wildman–Crippen MR) is 57.0 cm³/mol. The van der Waals surface area contributed by atoms with Crippen LogP contribution in [-0.4, -0.2) is 0 Å². The predicted octanol–water partition coefficient (Wildman–Crippen LogP) is 2.85. The van der Waals surface area contributed by atoms with E-state index in [4.69, 9.17) is 8.83 Å². The Morgan fingerprint density at radius 3 is 2.80 bits per heavy atom. The molecule has 2 aromatic heterocycles. The maximum atomic E-state index is 11.6. The quantitative estimate of drug-likeness (QED) is 0.524. The molecule has 3 aromatic rings. The molecular formula is C12H8O3. The molecule has 3 nitrogen and oxygen atoms in total. The van der Waals surface area contributed by atoms with Crippen LogP contribution >= 0.6 is 0 Å². The van der Waals surface area contributed by atoms with Crippen molar-refractivity contribution in [3.8, 4) is 0 Å². The zero-order valence-electron chi connectivity index (χ0n) is 8.11. The highest BCUT2D eigenvalue weighted by Crippen LogP contribution is 2.25. The second-order valence-corrected chi connectivity index (χ2v) is 3.50. The molecule has 3 rings (SSSR count). The fourth-order valence-corrected chi connectivity index (χ4v) is 1.79. The Kier molecular flexibility index (Phi) is 1.51. The van der Waals surface area contributed by atoms with Gasteiger partial charge in [0.1, 0.15) is 11.0 Å². The molecular weight excluding hydrogens is 192 g/mol. The van der Waals surface area contributed by atoms with Gasteiger partial charge in [-0.2, -0.15) is 0 Å². The number of para-hydroxylation sites is 1. The first-order valence-electron chi connectivity index (χ1n) is 4.67. The second-order valence-electron chi connectivity index (χ2n) is 3.50. The molecule has 0 N–H and O–H groups in total. The zero-order chi connectivity index (χ0) is 10.4. The van der Waals surface area contributed by atoms with E-state index >= 15 is 0 Å². The van der Waals surface area contributed by atoms with Crippen molar-refractivity contribution in [2.45, 2.75) is 6.92 Å². The van der Waals surface area contributed by atoms with Crippen LogP contribution in [0.25, 0.3) is 21.9 Å². The summed E-state index contributed by atoms with van der Waals surface area (Å²) >= 11 is 0. The van der Waals surface area contributed by atoms with E-state index in [0.717, 1.165) is 10.9 Å². The Morgan fingerprint density at radius 1 is 1.07 bits per heavy atom. The van der Waals surface area contributed by atoms with Gasteiger partial charge in [0, 0.05) is 0 Å². The number of aryl methyl sites for hydroxylation is 1. The van der Waals surface area contributed by atoms with E-state index in [1.165, 1.54) is 6.26 Å². The third-order valence-corrected chi connectivity index (χ3v) is 2.54. The van der Waals surface area contributed by atoms with Gasteiger partial charge < -0.3 is 8.83 Å². The normalized spacial score (nSPS) is 11.3. The lowest BCUT2D eigenvalue weighted by Crippen LogP contribution is -1.98. The third-order valence-electron chi connectivity index (χ3n) is 2.54. The van der Waals surface area contributed by atoms with Crippen molar-refractivity contribution in [1.82, 2.24) is 0 Å². The molecule has 0 bridgehead atoms. The molecule has 0 atom stereocenters. The van der Waals surface area contributed by atoms with Crippen LogP contribution in [0.5, 0.6) is 0 Å². The van der Waals surface area contributed by atoms with Crippen LogP contribution in [0.2, 0.25) is 0 Å². The molecule has 2 heterocycles. The monoisotopic (exact) mass is 200 g/mol. The first-order valence-corrected chi connectivity index (χ1v) is 4.67. The minimum atomic E-state index is -0.347. The fourth-order valence-electron chi connectivity index (χ4n) is 1.79. The molecule has 0 saturated carbocycles. The molecule has 0 unspecified atom stereocenters. The van der Waals surface area contributed by atoms with Gasteiger partial charge in [0.05, 0.1) is 11.6 Å². The van der Waals surface area contributed by atoms with Gasteiger partial charge in [-0.1, -0.05) is 12.1 Å².